The number of hydrogen-bond donors (Lipinski definition) is 1. The normalized spacial score (nSPS) is 12.3. The average molecular weight is 346 g/mol. The maximum atomic E-state index is 11.8. The van der Waals surface area contributed by atoms with Gasteiger partial charge in [-0.25, -0.2) is 4.79 Å². The van der Waals surface area contributed by atoms with E-state index in [0.29, 0.717) is 0 Å². The first-order chi connectivity index (χ1) is 11.5. The Morgan fingerprint density at radius 2 is 2.21 bits per heavy atom. The lowest BCUT2D eigenvalue weighted by molar-refractivity contribution is 0.0872. The summed E-state index contributed by atoms with van der Waals surface area (Å²) in [6.07, 6.45) is -0.871. The lowest BCUT2D eigenvalue weighted by atomic mass is 10.1. The third-order valence-corrected chi connectivity index (χ3v) is 4.35. The molecule has 1 aromatic carbocycles. The van der Waals surface area contributed by atoms with Crippen LogP contribution in [0.2, 0.25) is 0 Å². The van der Waals surface area contributed by atoms with Gasteiger partial charge in [0.25, 0.3) is 5.89 Å². The monoisotopic (exact) mass is 346 g/mol. The van der Waals surface area contributed by atoms with Crippen molar-refractivity contribution in [2.75, 3.05) is 6.61 Å². The highest BCUT2D eigenvalue weighted by atomic mass is 32.1. The maximum absolute atomic E-state index is 11.8. The second-order valence-corrected chi connectivity index (χ2v) is 6.51. The van der Waals surface area contributed by atoms with E-state index in [1.165, 1.54) is 11.3 Å². The first-order valence-electron chi connectivity index (χ1n) is 7.53. The van der Waals surface area contributed by atoms with Crippen molar-refractivity contribution >= 4 is 11.3 Å². The topological polar surface area (TPSA) is 77.5 Å². The lowest BCUT2D eigenvalue weighted by Crippen LogP contribution is -2.29. The predicted octanol–water partition coefficient (Wildman–Crippen LogP) is 2.62. The number of benzene rings is 1. The molecular formula is C17H18N2O4S. The summed E-state index contributed by atoms with van der Waals surface area (Å²) in [5.41, 5.74) is 2.07. The molecule has 7 heteroatoms. The minimum absolute atomic E-state index is 0.0125. The molecule has 0 spiro atoms. The molecule has 126 valence electrons. The Bertz CT molecular complexity index is 867. The standard InChI is InChI=1S/C17H18N2O4S/c1-11-5-6-12(2)14(8-11)22-10-13(20)9-19-17(21)23-16(18-19)15-4-3-7-24-15/h3-8,13,20H,9-10H2,1-2H3/t13-/m1/s1. The second kappa shape index (κ2) is 7.02. The fourth-order valence-corrected chi connectivity index (χ4v) is 2.87. The first kappa shape index (κ1) is 16.5. The highest BCUT2D eigenvalue weighted by Gasteiger charge is 2.15. The fourth-order valence-electron chi connectivity index (χ4n) is 2.22. The number of aryl methyl sites for hydroxylation is 2. The Labute approximate surface area is 142 Å². The van der Waals surface area contributed by atoms with Crippen LogP contribution in [0.5, 0.6) is 5.75 Å². The van der Waals surface area contributed by atoms with E-state index in [1.807, 2.05) is 49.6 Å². The highest BCUT2D eigenvalue weighted by Crippen LogP contribution is 2.21. The molecule has 1 N–H and O–H groups in total. The van der Waals surface area contributed by atoms with Gasteiger partial charge >= 0.3 is 5.76 Å². The van der Waals surface area contributed by atoms with Gasteiger partial charge in [-0.05, 0) is 42.5 Å². The van der Waals surface area contributed by atoms with Crippen LogP contribution in [-0.2, 0) is 6.54 Å². The van der Waals surface area contributed by atoms with Crippen LogP contribution in [0, 0.1) is 13.8 Å². The molecule has 0 fully saturated rings. The van der Waals surface area contributed by atoms with Gasteiger partial charge in [-0.15, -0.1) is 16.4 Å². The highest BCUT2D eigenvalue weighted by molar-refractivity contribution is 7.13. The Kier molecular flexibility index (Phi) is 4.82. The SMILES string of the molecule is Cc1ccc(C)c(OC[C@H](O)Cn2nc(-c3cccs3)oc2=O)c1. The predicted molar refractivity (Wildman–Crippen MR) is 91.5 cm³/mol. The number of aliphatic hydroxyl groups is 1. The molecule has 3 rings (SSSR count). The summed E-state index contributed by atoms with van der Waals surface area (Å²) in [6.45, 7) is 4.00. The van der Waals surface area contributed by atoms with Crippen LogP contribution in [0.4, 0.5) is 0 Å². The van der Waals surface area contributed by atoms with Crippen LogP contribution in [0.3, 0.4) is 0 Å². The van der Waals surface area contributed by atoms with Crippen molar-refractivity contribution in [2.24, 2.45) is 0 Å². The molecule has 0 saturated carbocycles. The Morgan fingerprint density at radius 3 is 2.96 bits per heavy atom. The molecule has 2 aromatic heterocycles. The van der Waals surface area contributed by atoms with Crippen LogP contribution >= 0.6 is 11.3 Å². The number of aromatic nitrogens is 2. The van der Waals surface area contributed by atoms with Gasteiger partial charge in [0.2, 0.25) is 0 Å². The largest absolute Gasteiger partial charge is 0.491 e. The summed E-state index contributed by atoms with van der Waals surface area (Å²) in [5.74, 6) is 0.391. The summed E-state index contributed by atoms with van der Waals surface area (Å²) in [4.78, 5) is 12.6. The van der Waals surface area contributed by atoms with Crippen LogP contribution in [0.25, 0.3) is 10.8 Å². The minimum Gasteiger partial charge on any atom is -0.491 e. The third kappa shape index (κ3) is 3.74. The Morgan fingerprint density at radius 1 is 1.38 bits per heavy atom. The van der Waals surface area contributed by atoms with Gasteiger partial charge in [0.15, 0.2) is 0 Å². The molecular weight excluding hydrogens is 328 g/mol. The van der Waals surface area contributed by atoms with Gasteiger partial charge in [0, 0.05) is 0 Å². The zero-order valence-corrected chi connectivity index (χ0v) is 14.2. The van der Waals surface area contributed by atoms with Crippen LogP contribution in [0.1, 0.15) is 11.1 Å². The van der Waals surface area contributed by atoms with Crippen molar-refractivity contribution in [3.63, 3.8) is 0 Å². The molecule has 24 heavy (non-hydrogen) atoms. The van der Waals surface area contributed by atoms with E-state index in [-0.39, 0.29) is 19.0 Å². The van der Waals surface area contributed by atoms with Crippen molar-refractivity contribution in [1.29, 1.82) is 0 Å². The zero-order chi connectivity index (χ0) is 17.1. The van der Waals surface area contributed by atoms with Crippen LogP contribution in [0.15, 0.2) is 44.9 Å². The second-order valence-electron chi connectivity index (χ2n) is 5.57. The summed E-state index contributed by atoms with van der Waals surface area (Å²) < 4.78 is 11.9. The average Bonchev–Trinajstić information content (AvgIpc) is 3.19. The van der Waals surface area contributed by atoms with E-state index in [2.05, 4.69) is 5.10 Å². The van der Waals surface area contributed by atoms with E-state index in [9.17, 15) is 9.90 Å². The molecule has 0 aliphatic rings. The zero-order valence-electron chi connectivity index (χ0n) is 13.4. The molecule has 0 aliphatic heterocycles. The molecule has 3 aromatic rings. The molecule has 0 saturated heterocycles. The van der Waals surface area contributed by atoms with E-state index >= 15 is 0 Å². The summed E-state index contributed by atoms with van der Waals surface area (Å²) in [7, 11) is 0. The number of aliphatic hydroxyl groups excluding tert-OH is 1. The lowest BCUT2D eigenvalue weighted by Gasteiger charge is -2.13. The van der Waals surface area contributed by atoms with Gasteiger partial charge in [-0.3, -0.25) is 0 Å². The molecule has 0 amide bonds. The van der Waals surface area contributed by atoms with E-state index in [0.717, 1.165) is 26.4 Å². The van der Waals surface area contributed by atoms with Gasteiger partial charge in [0.1, 0.15) is 18.5 Å². The summed E-state index contributed by atoms with van der Waals surface area (Å²) >= 11 is 1.43. The molecule has 0 unspecified atom stereocenters. The van der Waals surface area contributed by atoms with E-state index < -0.39 is 11.9 Å². The van der Waals surface area contributed by atoms with Gasteiger partial charge in [0.05, 0.1) is 11.4 Å². The smallest absolute Gasteiger partial charge is 0.437 e. The number of ether oxygens (including phenoxy) is 1. The van der Waals surface area contributed by atoms with Crippen molar-refractivity contribution < 1.29 is 14.3 Å². The summed E-state index contributed by atoms with van der Waals surface area (Å²) in [5, 5.41) is 16.1. The minimum atomic E-state index is -0.871. The van der Waals surface area contributed by atoms with Crippen LogP contribution in [-0.4, -0.2) is 27.6 Å². The van der Waals surface area contributed by atoms with Gasteiger partial charge in [-0.2, -0.15) is 4.68 Å². The summed E-state index contributed by atoms with van der Waals surface area (Å²) in [6, 6.07) is 9.55. The van der Waals surface area contributed by atoms with Crippen LogP contribution < -0.4 is 10.5 Å². The van der Waals surface area contributed by atoms with Crippen molar-refractivity contribution in [1.82, 2.24) is 9.78 Å². The van der Waals surface area contributed by atoms with Crippen molar-refractivity contribution in [3.8, 4) is 16.5 Å². The molecule has 2 heterocycles. The number of thiophene rings is 1. The number of rotatable bonds is 6. The molecule has 0 bridgehead atoms. The van der Waals surface area contributed by atoms with E-state index in [4.69, 9.17) is 9.15 Å². The van der Waals surface area contributed by atoms with Crippen molar-refractivity contribution in [2.45, 2.75) is 26.5 Å². The Hall–Kier alpha value is -2.38. The maximum Gasteiger partial charge on any atom is 0.437 e. The molecule has 0 aliphatic carbocycles. The third-order valence-electron chi connectivity index (χ3n) is 3.50. The fraction of sp³-hybridized carbons (Fsp3) is 0.294. The number of nitrogens with zero attached hydrogens (tertiary/aromatic N) is 2. The molecule has 6 nitrogen and oxygen atoms in total. The molecule has 1 atom stereocenters. The Balaban J connectivity index is 1.64. The van der Waals surface area contributed by atoms with E-state index in [1.54, 1.807) is 0 Å². The van der Waals surface area contributed by atoms with Gasteiger partial charge in [-0.1, -0.05) is 18.2 Å². The quantitative estimate of drug-likeness (QED) is 0.742. The molecule has 0 radical (unpaired) electrons. The first-order valence-corrected chi connectivity index (χ1v) is 8.41. The number of hydrogen-bond acceptors (Lipinski definition) is 6. The van der Waals surface area contributed by atoms with Crippen molar-refractivity contribution in [3.05, 3.63) is 57.4 Å². The van der Waals surface area contributed by atoms with Gasteiger partial charge < -0.3 is 14.3 Å².